The first-order valence-electron chi connectivity index (χ1n) is 4.48. The molecule has 0 unspecified atom stereocenters. The maximum Gasteiger partial charge on any atom is 0.294 e. The van der Waals surface area contributed by atoms with Gasteiger partial charge in [0.15, 0.2) is 6.40 Å². The third kappa shape index (κ3) is 3.39. The Hall–Kier alpha value is -1.82. The highest BCUT2D eigenvalue weighted by Crippen LogP contribution is 2.27. The largest absolute Gasteiger partial charge is 0.482 e. The van der Waals surface area contributed by atoms with E-state index >= 15 is 0 Å². The Morgan fingerprint density at radius 1 is 1.69 bits per heavy atom. The van der Waals surface area contributed by atoms with Crippen molar-refractivity contribution in [1.82, 2.24) is 0 Å². The fraction of sp³-hybridized carbons (Fsp3) is 0.222. The van der Waals surface area contributed by atoms with Crippen molar-refractivity contribution >= 4 is 29.4 Å². The summed E-state index contributed by atoms with van der Waals surface area (Å²) in [7, 11) is 0. The number of nitrogens with one attached hydrogen (secondary N) is 1. The summed E-state index contributed by atoms with van der Waals surface area (Å²) in [6.45, 7) is 2.27. The first-order chi connectivity index (χ1) is 7.65. The molecule has 0 aliphatic carbocycles. The van der Waals surface area contributed by atoms with E-state index in [1.807, 2.05) is 0 Å². The van der Waals surface area contributed by atoms with E-state index in [1.54, 1.807) is 6.92 Å². The number of nitrogens with zero attached hydrogens (tertiary/aromatic N) is 2. The Morgan fingerprint density at radius 3 is 3.06 bits per heavy atom. The van der Waals surface area contributed by atoms with E-state index in [-0.39, 0.29) is 11.4 Å². The third-order valence-electron chi connectivity index (χ3n) is 1.63. The van der Waals surface area contributed by atoms with E-state index in [1.165, 1.54) is 24.6 Å². The normalized spacial score (nSPS) is 10.4. The van der Waals surface area contributed by atoms with Crippen LogP contribution in [0.5, 0.6) is 0 Å². The van der Waals surface area contributed by atoms with Gasteiger partial charge in [-0.25, -0.2) is 0 Å². The van der Waals surface area contributed by atoms with Crippen LogP contribution < -0.4 is 5.43 Å². The molecule has 0 radical (unpaired) electrons. The van der Waals surface area contributed by atoms with E-state index in [2.05, 4.69) is 10.5 Å². The number of nitro groups is 1. The molecule has 7 heteroatoms. The number of hydrazone groups is 1. The van der Waals surface area contributed by atoms with Crippen LogP contribution in [0.25, 0.3) is 0 Å². The molecule has 0 saturated carbocycles. The van der Waals surface area contributed by atoms with Gasteiger partial charge in [0.05, 0.1) is 11.5 Å². The molecule has 0 atom stereocenters. The summed E-state index contributed by atoms with van der Waals surface area (Å²) in [4.78, 5) is 10.1. The summed E-state index contributed by atoms with van der Waals surface area (Å²) in [6, 6.07) is 4.17. The van der Waals surface area contributed by atoms with Crippen molar-refractivity contribution < 1.29 is 9.66 Å². The summed E-state index contributed by atoms with van der Waals surface area (Å²) < 4.78 is 4.83. The van der Waals surface area contributed by atoms with Crippen LogP contribution in [0, 0.1) is 10.1 Å². The van der Waals surface area contributed by atoms with Crippen LogP contribution in [-0.4, -0.2) is 17.9 Å². The van der Waals surface area contributed by atoms with Gasteiger partial charge in [0, 0.05) is 11.1 Å². The van der Waals surface area contributed by atoms with Crippen LogP contribution in [0.4, 0.5) is 11.4 Å². The monoisotopic (exact) mass is 243 g/mol. The second-order valence-electron chi connectivity index (χ2n) is 2.72. The topological polar surface area (TPSA) is 76.8 Å². The van der Waals surface area contributed by atoms with Crippen molar-refractivity contribution in [3.63, 3.8) is 0 Å². The first kappa shape index (κ1) is 12.3. The minimum atomic E-state index is -0.519. The number of rotatable bonds is 5. The molecule has 0 bridgehead atoms. The summed E-state index contributed by atoms with van der Waals surface area (Å²) in [5.74, 6) is 0. The number of anilines is 1. The van der Waals surface area contributed by atoms with Crippen LogP contribution in [-0.2, 0) is 4.74 Å². The minimum Gasteiger partial charge on any atom is -0.482 e. The van der Waals surface area contributed by atoms with E-state index < -0.39 is 4.92 Å². The van der Waals surface area contributed by atoms with Gasteiger partial charge >= 0.3 is 0 Å². The predicted octanol–water partition coefficient (Wildman–Crippen LogP) is 2.64. The third-order valence-corrected chi connectivity index (χ3v) is 1.87. The standard InChI is InChI=1S/C9H10ClN3O3/c1-2-16-6-11-12-8-5-7(10)3-4-9(8)13(14)15/h3-6,12H,2H2,1H3/b11-6-. The smallest absolute Gasteiger partial charge is 0.294 e. The SMILES string of the molecule is CCO/C=N\Nc1cc(Cl)ccc1[N+](=O)[O-]. The van der Waals surface area contributed by atoms with Crippen LogP contribution in [0.15, 0.2) is 23.3 Å². The predicted molar refractivity (Wildman–Crippen MR) is 61.8 cm³/mol. The zero-order chi connectivity index (χ0) is 12.0. The number of halogens is 1. The average Bonchev–Trinajstić information content (AvgIpc) is 2.24. The Labute approximate surface area is 97.0 Å². The average molecular weight is 244 g/mol. The molecule has 0 saturated heterocycles. The molecular weight excluding hydrogens is 234 g/mol. The van der Waals surface area contributed by atoms with Crippen molar-refractivity contribution in [3.05, 3.63) is 33.3 Å². The summed E-state index contributed by atoms with van der Waals surface area (Å²) in [5, 5.41) is 14.7. The van der Waals surface area contributed by atoms with Gasteiger partial charge in [-0.2, -0.15) is 0 Å². The molecule has 0 amide bonds. The molecule has 16 heavy (non-hydrogen) atoms. The molecule has 1 aromatic rings. The molecule has 0 aromatic heterocycles. The Balaban J connectivity index is 2.84. The van der Waals surface area contributed by atoms with Crippen LogP contribution in [0.2, 0.25) is 5.02 Å². The molecule has 1 N–H and O–H groups in total. The second kappa shape index (κ2) is 5.92. The fourth-order valence-corrected chi connectivity index (χ4v) is 1.14. The van der Waals surface area contributed by atoms with Crippen molar-refractivity contribution in [2.45, 2.75) is 6.92 Å². The van der Waals surface area contributed by atoms with Gasteiger partial charge < -0.3 is 4.74 Å². The van der Waals surface area contributed by atoms with Gasteiger partial charge in [-0.05, 0) is 19.1 Å². The van der Waals surface area contributed by atoms with Crippen molar-refractivity contribution in [2.75, 3.05) is 12.0 Å². The molecule has 0 fully saturated rings. The molecule has 6 nitrogen and oxygen atoms in total. The Kier molecular flexibility index (Phi) is 4.53. The highest BCUT2D eigenvalue weighted by Gasteiger charge is 2.12. The van der Waals surface area contributed by atoms with Crippen molar-refractivity contribution in [1.29, 1.82) is 0 Å². The van der Waals surface area contributed by atoms with E-state index in [4.69, 9.17) is 16.3 Å². The number of hydrogen-bond donors (Lipinski definition) is 1. The van der Waals surface area contributed by atoms with Crippen LogP contribution in [0.1, 0.15) is 6.92 Å². The quantitative estimate of drug-likeness (QED) is 0.373. The van der Waals surface area contributed by atoms with Crippen LogP contribution >= 0.6 is 11.6 Å². The number of benzene rings is 1. The molecule has 0 spiro atoms. The zero-order valence-corrected chi connectivity index (χ0v) is 9.27. The first-order valence-corrected chi connectivity index (χ1v) is 4.86. The lowest BCUT2D eigenvalue weighted by atomic mass is 10.3. The lowest BCUT2D eigenvalue weighted by molar-refractivity contribution is -0.384. The second-order valence-corrected chi connectivity index (χ2v) is 3.16. The molecule has 1 rings (SSSR count). The molecule has 86 valence electrons. The van der Waals surface area contributed by atoms with Crippen molar-refractivity contribution in [3.8, 4) is 0 Å². The summed E-state index contributed by atoms with van der Waals surface area (Å²) in [5.41, 5.74) is 2.61. The van der Waals surface area contributed by atoms with E-state index in [9.17, 15) is 10.1 Å². The van der Waals surface area contributed by atoms with Crippen molar-refractivity contribution in [2.24, 2.45) is 5.10 Å². The highest BCUT2D eigenvalue weighted by molar-refractivity contribution is 6.31. The van der Waals surface area contributed by atoms with Gasteiger partial charge in [-0.1, -0.05) is 11.6 Å². The minimum absolute atomic E-state index is 0.0990. The molecule has 0 aliphatic heterocycles. The molecule has 0 aliphatic rings. The molecule has 0 heterocycles. The number of ether oxygens (including phenoxy) is 1. The Bertz CT molecular complexity index is 409. The van der Waals surface area contributed by atoms with Gasteiger partial charge in [-0.15, -0.1) is 5.10 Å². The fourth-order valence-electron chi connectivity index (χ4n) is 0.965. The molecular formula is C9H10ClN3O3. The van der Waals surface area contributed by atoms with Gasteiger partial charge in [0.25, 0.3) is 5.69 Å². The van der Waals surface area contributed by atoms with Gasteiger partial charge in [0.1, 0.15) is 5.69 Å². The van der Waals surface area contributed by atoms with Gasteiger partial charge in [-0.3, -0.25) is 15.5 Å². The summed E-state index contributed by atoms with van der Waals surface area (Å²) in [6.07, 6.45) is 1.17. The van der Waals surface area contributed by atoms with Gasteiger partial charge in [0.2, 0.25) is 0 Å². The maximum atomic E-state index is 10.7. The maximum absolute atomic E-state index is 10.7. The molecule has 1 aromatic carbocycles. The lowest BCUT2D eigenvalue weighted by Crippen LogP contribution is -1.97. The zero-order valence-electron chi connectivity index (χ0n) is 8.51. The summed E-state index contributed by atoms with van der Waals surface area (Å²) >= 11 is 5.72. The number of hydrogen-bond acceptors (Lipinski definition) is 5. The lowest BCUT2D eigenvalue weighted by Gasteiger charge is -2.02. The van der Waals surface area contributed by atoms with E-state index in [0.29, 0.717) is 11.6 Å². The van der Waals surface area contributed by atoms with Crippen LogP contribution in [0.3, 0.4) is 0 Å². The highest BCUT2D eigenvalue weighted by atomic mass is 35.5. The number of nitro benzene ring substituents is 1. The Morgan fingerprint density at radius 2 is 2.44 bits per heavy atom. The van der Waals surface area contributed by atoms with E-state index in [0.717, 1.165) is 0 Å².